The Balaban J connectivity index is 1.69. The van der Waals surface area contributed by atoms with Gasteiger partial charge in [-0.2, -0.15) is 0 Å². The lowest BCUT2D eigenvalue weighted by molar-refractivity contribution is 0.216. The first kappa shape index (κ1) is 18.0. The van der Waals surface area contributed by atoms with E-state index in [1.165, 1.54) is 22.3 Å². The number of nitrogens with one attached hydrogen (secondary N) is 1. The molecule has 0 spiro atoms. The molecule has 2 aliphatic carbocycles. The molecule has 0 radical (unpaired) electrons. The van der Waals surface area contributed by atoms with E-state index in [9.17, 15) is 14.4 Å². The zero-order chi connectivity index (χ0) is 19.6. The number of aryl methyl sites for hydroxylation is 1. The van der Waals surface area contributed by atoms with Crippen LogP contribution in [0.15, 0.2) is 9.59 Å². The topological polar surface area (TPSA) is 76.3 Å². The van der Waals surface area contributed by atoms with Crippen molar-refractivity contribution in [2.75, 3.05) is 13.1 Å². The molecule has 2 saturated carbocycles. The zero-order valence-electron chi connectivity index (χ0n) is 16.4. The van der Waals surface area contributed by atoms with Crippen molar-refractivity contribution in [3.63, 3.8) is 0 Å². The minimum absolute atomic E-state index is 0.0633. The van der Waals surface area contributed by atoms with Crippen molar-refractivity contribution in [1.29, 1.82) is 0 Å². The number of urea groups is 1. The van der Waals surface area contributed by atoms with E-state index in [0.29, 0.717) is 37.5 Å². The molecular weight excluding hydrogens is 376 g/mol. The van der Waals surface area contributed by atoms with E-state index >= 15 is 0 Å². The lowest BCUT2D eigenvalue weighted by Crippen LogP contribution is -2.45. The summed E-state index contributed by atoms with van der Waals surface area (Å²) in [7, 11) is 0. The van der Waals surface area contributed by atoms with Crippen LogP contribution in [0.5, 0.6) is 0 Å². The minimum atomic E-state index is -0.340. The molecule has 28 heavy (non-hydrogen) atoms. The lowest BCUT2D eigenvalue weighted by atomic mass is 9.85. The number of carbonyl (C=O) groups excluding carboxylic acids is 1. The summed E-state index contributed by atoms with van der Waals surface area (Å²) in [5.74, 6) is 0.522. The SMILES string of the molecule is Cc1c(CN2CCNC2=O)sc2c1c(=O)n(C1(C)CC1)c(=O)n2CC1CCC1. The maximum Gasteiger partial charge on any atom is 0.332 e. The Morgan fingerprint density at radius 3 is 2.54 bits per heavy atom. The van der Waals surface area contributed by atoms with Gasteiger partial charge in [0.2, 0.25) is 0 Å². The van der Waals surface area contributed by atoms with Crippen molar-refractivity contribution in [2.24, 2.45) is 5.92 Å². The normalized spacial score (nSPS) is 21.2. The Labute approximate surface area is 166 Å². The van der Waals surface area contributed by atoms with E-state index < -0.39 is 0 Å². The summed E-state index contributed by atoms with van der Waals surface area (Å²) < 4.78 is 3.37. The van der Waals surface area contributed by atoms with Gasteiger partial charge in [0, 0.05) is 24.5 Å². The van der Waals surface area contributed by atoms with Crippen LogP contribution in [0.25, 0.3) is 10.2 Å². The third kappa shape index (κ3) is 2.64. The maximum absolute atomic E-state index is 13.4. The predicted octanol–water partition coefficient (Wildman–Crippen LogP) is 2.37. The molecule has 150 valence electrons. The minimum Gasteiger partial charge on any atom is -0.336 e. The van der Waals surface area contributed by atoms with E-state index in [-0.39, 0.29) is 22.8 Å². The highest BCUT2D eigenvalue weighted by atomic mass is 32.1. The Hall–Kier alpha value is -2.09. The molecule has 1 N–H and O–H groups in total. The molecule has 3 aliphatic rings. The molecule has 2 aromatic rings. The maximum atomic E-state index is 13.4. The van der Waals surface area contributed by atoms with E-state index in [1.54, 1.807) is 4.90 Å². The summed E-state index contributed by atoms with van der Waals surface area (Å²) in [6.45, 7) is 6.47. The van der Waals surface area contributed by atoms with Crippen LogP contribution >= 0.6 is 11.3 Å². The van der Waals surface area contributed by atoms with Crippen LogP contribution in [-0.2, 0) is 18.6 Å². The highest BCUT2D eigenvalue weighted by Gasteiger charge is 2.43. The fourth-order valence-corrected chi connectivity index (χ4v) is 5.67. The van der Waals surface area contributed by atoms with Gasteiger partial charge in [-0.05, 0) is 51.0 Å². The average Bonchev–Trinajstić information content (AvgIpc) is 3.07. The van der Waals surface area contributed by atoms with Gasteiger partial charge in [0.15, 0.2) is 0 Å². The van der Waals surface area contributed by atoms with Crippen LogP contribution < -0.4 is 16.6 Å². The molecule has 1 saturated heterocycles. The average molecular weight is 403 g/mol. The second-order valence-corrected chi connectivity index (χ2v) is 9.90. The van der Waals surface area contributed by atoms with Crippen molar-refractivity contribution < 1.29 is 4.79 Å². The van der Waals surface area contributed by atoms with Crippen LogP contribution in [0.2, 0.25) is 0 Å². The Bertz CT molecular complexity index is 1090. The Kier molecular flexibility index (Phi) is 3.98. The molecule has 7 nitrogen and oxygen atoms in total. The number of thiophene rings is 1. The zero-order valence-corrected chi connectivity index (χ0v) is 17.2. The van der Waals surface area contributed by atoms with Gasteiger partial charge in [0.05, 0.1) is 17.5 Å². The van der Waals surface area contributed by atoms with Crippen molar-refractivity contribution in [2.45, 2.75) is 64.6 Å². The number of aromatic nitrogens is 2. The first-order valence-electron chi connectivity index (χ1n) is 10.2. The number of fused-ring (bicyclic) bond motifs is 1. The van der Waals surface area contributed by atoms with E-state index in [4.69, 9.17) is 0 Å². The van der Waals surface area contributed by atoms with Gasteiger partial charge in [0.25, 0.3) is 5.56 Å². The molecule has 2 aromatic heterocycles. The predicted molar refractivity (Wildman–Crippen MR) is 109 cm³/mol. The molecule has 8 heteroatoms. The molecule has 2 amide bonds. The number of carbonyl (C=O) groups is 1. The van der Waals surface area contributed by atoms with Gasteiger partial charge in [-0.3, -0.25) is 13.9 Å². The van der Waals surface area contributed by atoms with Crippen molar-refractivity contribution >= 4 is 27.6 Å². The monoisotopic (exact) mass is 402 g/mol. The third-order valence-corrected chi connectivity index (χ3v) is 8.07. The standard InChI is InChI=1S/C20H26N4O3S/c1-12-14(11-22-9-8-21-18(22)26)28-17-15(12)16(25)24(20(2)6-7-20)19(27)23(17)10-13-4-3-5-13/h13H,3-11H2,1-2H3,(H,21,26). The molecule has 1 aliphatic heterocycles. The van der Waals surface area contributed by atoms with Gasteiger partial charge in [-0.25, -0.2) is 9.59 Å². The highest BCUT2D eigenvalue weighted by Crippen LogP contribution is 2.41. The van der Waals surface area contributed by atoms with Gasteiger partial charge in [0.1, 0.15) is 4.83 Å². The largest absolute Gasteiger partial charge is 0.336 e. The summed E-state index contributed by atoms with van der Waals surface area (Å²) in [4.78, 5) is 42.2. The molecular formula is C20H26N4O3S. The van der Waals surface area contributed by atoms with Crippen molar-refractivity contribution in [3.05, 3.63) is 31.3 Å². The molecule has 5 rings (SSSR count). The second kappa shape index (κ2) is 6.20. The number of hydrogen-bond donors (Lipinski definition) is 1. The quantitative estimate of drug-likeness (QED) is 0.834. The van der Waals surface area contributed by atoms with Crippen molar-refractivity contribution in [3.8, 4) is 0 Å². The summed E-state index contributed by atoms with van der Waals surface area (Å²) in [5.41, 5.74) is 0.268. The van der Waals surface area contributed by atoms with E-state index in [2.05, 4.69) is 5.32 Å². The Morgan fingerprint density at radius 2 is 1.96 bits per heavy atom. The van der Waals surface area contributed by atoms with Crippen LogP contribution in [0.3, 0.4) is 0 Å². The van der Waals surface area contributed by atoms with Crippen LogP contribution in [-0.4, -0.2) is 33.2 Å². The Morgan fingerprint density at radius 1 is 1.21 bits per heavy atom. The van der Waals surface area contributed by atoms with Gasteiger partial charge >= 0.3 is 11.7 Å². The van der Waals surface area contributed by atoms with Gasteiger partial charge in [-0.1, -0.05) is 6.42 Å². The van der Waals surface area contributed by atoms with E-state index in [0.717, 1.165) is 41.0 Å². The summed E-state index contributed by atoms with van der Waals surface area (Å²) in [6, 6.07) is -0.0633. The lowest BCUT2D eigenvalue weighted by Gasteiger charge is -2.27. The van der Waals surface area contributed by atoms with Crippen molar-refractivity contribution in [1.82, 2.24) is 19.4 Å². The summed E-state index contributed by atoms with van der Waals surface area (Å²) >= 11 is 1.51. The molecule has 3 fully saturated rings. The molecule has 0 unspecified atom stereocenters. The third-order valence-electron chi connectivity index (χ3n) is 6.77. The molecule has 0 bridgehead atoms. The fourth-order valence-electron chi connectivity index (χ4n) is 4.35. The molecule has 0 atom stereocenters. The molecule has 3 heterocycles. The number of nitrogens with zero attached hydrogens (tertiary/aromatic N) is 3. The highest BCUT2D eigenvalue weighted by molar-refractivity contribution is 7.18. The van der Waals surface area contributed by atoms with Crippen LogP contribution in [0.1, 0.15) is 49.5 Å². The first-order chi connectivity index (χ1) is 13.4. The molecule has 0 aromatic carbocycles. The van der Waals surface area contributed by atoms with Crippen LogP contribution in [0.4, 0.5) is 4.79 Å². The smallest absolute Gasteiger partial charge is 0.332 e. The first-order valence-corrected chi connectivity index (χ1v) is 11.0. The summed E-state index contributed by atoms with van der Waals surface area (Å²) in [5, 5.41) is 3.50. The van der Waals surface area contributed by atoms with Gasteiger partial charge in [-0.15, -0.1) is 11.3 Å². The number of hydrogen-bond acceptors (Lipinski definition) is 4. The van der Waals surface area contributed by atoms with Gasteiger partial charge < -0.3 is 10.2 Å². The number of rotatable bonds is 5. The number of amides is 2. The fraction of sp³-hybridized carbons (Fsp3) is 0.650. The van der Waals surface area contributed by atoms with Crippen LogP contribution in [0, 0.1) is 12.8 Å². The van der Waals surface area contributed by atoms with E-state index in [1.807, 2.05) is 18.4 Å². The summed E-state index contributed by atoms with van der Waals surface area (Å²) in [6.07, 6.45) is 5.27. The second-order valence-electron chi connectivity index (χ2n) is 8.81.